The third-order valence-corrected chi connectivity index (χ3v) is 1.74. The van der Waals surface area contributed by atoms with Crippen LogP contribution in [-0.2, 0) is 9.53 Å². The molecule has 1 N–H and O–H groups in total. The zero-order valence-corrected chi connectivity index (χ0v) is 7.67. The summed E-state index contributed by atoms with van der Waals surface area (Å²) < 4.78 is 5.33. The first kappa shape index (κ1) is 9.48. The van der Waals surface area contributed by atoms with Gasteiger partial charge in [0.15, 0.2) is 0 Å². The second-order valence-electron chi connectivity index (χ2n) is 3.16. The van der Waals surface area contributed by atoms with Crippen LogP contribution in [0.25, 0.3) is 0 Å². The van der Waals surface area contributed by atoms with Crippen LogP contribution < -0.4 is 5.32 Å². The minimum Gasteiger partial charge on any atom is -0.377 e. The first-order valence-electron chi connectivity index (χ1n) is 4.30. The molecule has 1 saturated heterocycles. The molecular formula is C8H16N2O2. The maximum absolute atomic E-state index is 11.1. The molecule has 0 aromatic heterocycles. The van der Waals surface area contributed by atoms with Crippen molar-refractivity contribution in [3.8, 4) is 0 Å². The molecule has 1 aliphatic heterocycles. The van der Waals surface area contributed by atoms with E-state index in [2.05, 4.69) is 5.32 Å². The van der Waals surface area contributed by atoms with E-state index in [1.54, 1.807) is 4.90 Å². The van der Waals surface area contributed by atoms with E-state index in [-0.39, 0.29) is 12.0 Å². The summed E-state index contributed by atoms with van der Waals surface area (Å²) in [6.45, 7) is 6.45. The summed E-state index contributed by atoms with van der Waals surface area (Å²) in [5.41, 5.74) is 0. The van der Waals surface area contributed by atoms with Crippen LogP contribution in [0.5, 0.6) is 0 Å². The summed E-state index contributed by atoms with van der Waals surface area (Å²) in [4.78, 5) is 12.8. The van der Waals surface area contributed by atoms with Gasteiger partial charge in [-0.15, -0.1) is 0 Å². The predicted octanol–water partition coefficient (Wildman–Crippen LogP) is -0.199. The lowest BCUT2D eigenvalue weighted by Crippen LogP contribution is -2.30. The molecule has 0 aromatic carbocycles. The summed E-state index contributed by atoms with van der Waals surface area (Å²) in [7, 11) is 0. The highest BCUT2D eigenvalue weighted by Gasteiger charge is 2.18. The van der Waals surface area contributed by atoms with Gasteiger partial charge >= 0.3 is 0 Å². The van der Waals surface area contributed by atoms with E-state index in [1.165, 1.54) is 0 Å². The van der Waals surface area contributed by atoms with Gasteiger partial charge < -0.3 is 9.64 Å². The molecule has 1 aliphatic rings. The van der Waals surface area contributed by atoms with Gasteiger partial charge in [-0.05, 0) is 13.8 Å². The van der Waals surface area contributed by atoms with Gasteiger partial charge in [0.05, 0.1) is 25.9 Å². The number of carbonyl (C=O) groups is 1. The first-order chi connectivity index (χ1) is 5.70. The summed E-state index contributed by atoms with van der Waals surface area (Å²) in [5.74, 6) is 0.169. The van der Waals surface area contributed by atoms with Crippen LogP contribution in [-0.4, -0.2) is 43.3 Å². The zero-order chi connectivity index (χ0) is 8.97. The Morgan fingerprint density at radius 3 is 2.92 bits per heavy atom. The normalized spacial score (nSPS) is 17.9. The minimum absolute atomic E-state index is 0.169. The van der Waals surface area contributed by atoms with Crippen LogP contribution in [0.15, 0.2) is 0 Å². The molecule has 12 heavy (non-hydrogen) atoms. The summed E-state index contributed by atoms with van der Waals surface area (Å²) in [5, 5.41) is 2.98. The Morgan fingerprint density at radius 2 is 2.42 bits per heavy atom. The van der Waals surface area contributed by atoms with Crippen molar-refractivity contribution >= 4 is 5.91 Å². The van der Waals surface area contributed by atoms with Crippen LogP contribution in [0.2, 0.25) is 0 Å². The lowest BCUT2D eigenvalue weighted by atomic mass is 10.5. The smallest absolute Gasteiger partial charge is 0.237 e. The van der Waals surface area contributed by atoms with Crippen LogP contribution in [0.3, 0.4) is 0 Å². The van der Waals surface area contributed by atoms with Crippen molar-refractivity contribution in [1.29, 1.82) is 0 Å². The monoisotopic (exact) mass is 172 g/mol. The van der Waals surface area contributed by atoms with Gasteiger partial charge in [0.25, 0.3) is 0 Å². The van der Waals surface area contributed by atoms with Crippen LogP contribution in [0.1, 0.15) is 13.8 Å². The van der Waals surface area contributed by atoms with Crippen molar-refractivity contribution in [3.05, 3.63) is 0 Å². The molecule has 0 aromatic rings. The molecule has 70 valence electrons. The van der Waals surface area contributed by atoms with Crippen molar-refractivity contribution in [3.63, 3.8) is 0 Å². The average Bonchev–Trinajstić information content (AvgIpc) is 2.36. The molecule has 0 spiro atoms. The van der Waals surface area contributed by atoms with Crippen LogP contribution >= 0.6 is 0 Å². The Bertz CT molecular complexity index is 159. The quantitative estimate of drug-likeness (QED) is 0.638. The Morgan fingerprint density at radius 1 is 1.67 bits per heavy atom. The SMILES string of the molecule is CC(C)OCCN1CNCC1=O. The molecule has 0 radical (unpaired) electrons. The van der Waals surface area contributed by atoms with Gasteiger partial charge in [-0.25, -0.2) is 0 Å². The topological polar surface area (TPSA) is 41.6 Å². The third-order valence-electron chi connectivity index (χ3n) is 1.74. The molecule has 0 aliphatic carbocycles. The number of ether oxygens (including phenoxy) is 1. The van der Waals surface area contributed by atoms with Gasteiger partial charge in [0.1, 0.15) is 0 Å². The summed E-state index contributed by atoms with van der Waals surface area (Å²) >= 11 is 0. The summed E-state index contributed by atoms with van der Waals surface area (Å²) in [6, 6.07) is 0. The fourth-order valence-electron chi connectivity index (χ4n) is 1.10. The standard InChI is InChI=1S/C8H16N2O2/c1-7(2)12-4-3-10-6-9-5-8(10)11/h7,9H,3-6H2,1-2H3. The molecule has 0 bridgehead atoms. The molecular weight excluding hydrogens is 156 g/mol. The molecule has 4 heteroatoms. The van der Waals surface area contributed by atoms with Gasteiger partial charge in [0.2, 0.25) is 5.91 Å². The van der Waals surface area contributed by atoms with E-state index in [0.717, 1.165) is 0 Å². The maximum atomic E-state index is 11.1. The number of hydrogen-bond donors (Lipinski definition) is 1. The Kier molecular flexibility index (Phi) is 3.49. The molecule has 0 saturated carbocycles. The van der Waals surface area contributed by atoms with E-state index in [1.807, 2.05) is 13.8 Å². The van der Waals surface area contributed by atoms with Gasteiger partial charge in [-0.2, -0.15) is 0 Å². The molecule has 0 atom stereocenters. The van der Waals surface area contributed by atoms with Gasteiger partial charge in [-0.1, -0.05) is 0 Å². The molecule has 1 heterocycles. The number of rotatable bonds is 4. The van der Waals surface area contributed by atoms with Crippen molar-refractivity contribution in [1.82, 2.24) is 10.2 Å². The first-order valence-corrected chi connectivity index (χ1v) is 4.30. The van der Waals surface area contributed by atoms with Crippen LogP contribution in [0.4, 0.5) is 0 Å². The number of amides is 1. The maximum Gasteiger partial charge on any atom is 0.237 e. The molecule has 1 fully saturated rings. The van der Waals surface area contributed by atoms with Gasteiger partial charge in [0, 0.05) is 6.54 Å². The second kappa shape index (κ2) is 4.42. The fourth-order valence-corrected chi connectivity index (χ4v) is 1.10. The number of carbonyl (C=O) groups excluding carboxylic acids is 1. The van der Waals surface area contributed by atoms with Crippen LogP contribution in [0, 0.1) is 0 Å². The molecule has 4 nitrogen and oxygen atoms in total. The zero-order valence-electron chi connectivity index (χ0n) is 7.67. The highest BCUT2D eigenvalue weighted by molar-refractivity contribution is 5.79. The Labute approximate surface area is 72.9 Å². The highest BCUT2D eigenvalue weighted by Crippen LogP contribution is 1.95. The number of nitrogens with one attached hydrogen (secondary N) is 1. The molecule has 1 amide bonds. The Balaban J connectivity index is 2.10. The van der Waals surface area contributed by atoms with E-state index in [9.17, 15) is 4.79 Å². The number of hydrogen-bond acceptors (Lipinski definition) is 3. The Hall–Kier alpha value is -0.610. The van der Waals surface area contributed by atoms with E-state index < -0.39 is 0 Å². The van der Waals surface area contributed by atoms with E-state index in [4.69, 9.17) is 4.74 Å². The lowest BCUT2D eigenvalue weighted by molar-refractivity contribution is -0.127. The summed E-state index contributed by atoms with van der Waals surface area (Å²) in [6.07, 6.45) is 0.246. The van der Waals surface area contributed by atoms with E-state index >= 15 is 0 Å². The third kappa shape index (κ3) is 2.79. The predicted molar refractivity (Wildman–Crippen MR) is 45.7 cm³/mol. The minimum atomic E-state index is 0.169. The molecule has 0 unspecified atom stereocenters. The van der Waals surface area contributed by atoms with Gasteiger partial charge in [-0.3, -0.25) is 10.1 Å². The molecule has 1 rings (SSSR count). The van der Waals surface area contributed by atoms with Crippen molar-refractivity contribution in [2.24, 2.45) is 0 Å². The van der Waals surface area contributed by atoms with E-state index in [0.29, 0.717) is 26.4 Å². The fraction of sp³-hybridized carbons (Fsp3) is 0.875. The van der Waals surface area contributed by atoms with Crippen molar-refractivity contribution < 1.29 is 9.53 Å². The largest absolute Gasteiger partial charge is 0.377 e. The number of nitrogens with zero attached hydrogens (tertiary/aromatic N) is 1. The van der Waals surface area contributed by atoms with Crippen molar-refractivity contribution in [2.75, 3.05) is 26.4 Å². The average molecular weight is 172 g/mol. The second-order valence-corrected chi connectivity index (χ2v) is 3.16. The van der Waals surface area contributed by atoms with Crippen molar-refractivity contribution in [2.45, 2.75) is 20.0 Å². The highest BCUT2D eigenvalue weighted by atomic mass is 16.5. The lowest BCUT2D eigenvalue weighted by Gasteiger charge is -2.15.